The molecular weight excluding hydrogens is 580 g/mol. The van der Waals surface area contributed by atoms with Crippen LogP contribution in [0, 0.1) is 0 Å². The molecule has 270 valence electrons. The molecule has 2 fully saturated rings. The number of hydrogen-bond donors (Lipinski definition) is 0. The third-order valence-electron chi connectivity index (χ3n) is 10.3. The standard InChI is InChI=1S/C38H72N2O6/c1-11-13-15-17-19-21-29-43-31-25-27-35(3,4)39(37(31,7)8)45-33(41)23-24-34(42)46-40-36(5,6)28-26-32(38(40,9)10)44-30-22-20-18-16-14-12-2/h31-32H,11-30H2,1-10H3. The first-order valence-electron chi connectivity index (χ1n) is 18.8. The highest BCUT2D eigenvalue weighted by Crippen LogP contribution is 2.42. The summed E-state index contributed by atoms with van der Waals surface area (Å²) in [6.07, 6.45) is 18.1. The lowest BCUT2D eigenvalue weighted by molar-refractivity contribution is -0.293. The van der Waals surface area contributed by atoms with Gasteiger partial charge in [0.05, 0.1) is 47.2 Å². The summed E-state index contributed by atoms with van der Waals surface area (Å²) in [5, 5.41) is 3.65. The van der Waals surface area contributed by atoms with E-state index in [0.29, 0.717) is 0 Å². The molecule has 46 heavy (non-hydrogen) atoms. The van der Waals surface area contributed by atoms with E-state index in [0.717, 1.165) is 51.7 Å². The molecule has 0 aromatic heterocycles. The lowest BCUT2D eigenvalue weighted by Gasteiger charge is -2.54. The van der Waals surface area contributed by atoms with E-state index in [1.807, 2.05) is 10.1 Å². The summed E-state index contributed by atoms with van der Waals surface area (Å²) >= 11 is 0. The Kier molecular flexibility index (Phi) is 17.0. The largest absolute Gasteiger partial charge is 0.376 e. The van der Waals surface area contributed by atoms with Crippen LogP contribution in [0.2, 0.25) is 0 Å². The van der Waals surface area contributed by atoms with Gasteiger partial charge in [-0.15, -0.1) is 10.1 Å². The molecule has 8 nitrogen and oxygen atoms in total. The molecule has 0 N–H and O–H groups in total. The smallest absolute Gasteiger partial charge is 0.325 e. The Balaban J connectivity index is 1.89. The lowest BCUT2D eigenvalue weighted by atomic mass is 9.79. The number of ether oxygens (including phenoxy) is 2. The summed E-state index contributed by atoms with van der Waals surface area (Å²) < 4.78 is 12.7. The van der Waals surface area contributed by atoms with Crippen molar-refractivity contribution in [2.75, 3.05) is 13.2 Å². The molecule has 0 bridgehead atoms. The van der Waals surface area contributed by atoms with Gasteiger partial charge in [0.25, 0.3) is 0 Å². The van der Waals surface area contributed by atoms with Crippen molar-refractivity contribution in [2.45, 2.75) is 219 Å². The number of carbonyl (C=O) groups is 2. The van der Waals surface area contributed by atoms with Gasteiger partial charge in [-0.1, -0.05) is 78.1 Å². The molecule has 0 aliphatic carbocycles. The molecule has 2 atom stereocenters. The van der Waals surface area contributed by atoms with Crippen molar-refractivity contribution in [1.29, 1.82) is 0 Å². The zero-order valence-corrected chi connectivity index (χ0v) is 31.6. The normalized spacial score (nSPS) is 24.0. The third kappa shape index (κ3) is 12.3. The van der Waals surface area contributed by atoms with Crippen LogP contribution in [0.5, 0.6) is 0 Å². The monoisotopic (exact) mass is 653 g/mol. The van der Waals surface area contributed by atoms with Crippen LogP contribution in [0.3, 0.4) is 0 Å². The Hall–Kier alpha value is -1.22. The Labute approximate surface area is 282 Å². The maximum Gasteiger partial charge on any atom is 0.325 e. The molecule has 0 aromatic carbocycles. The van der Waals surface area contributed by atoms with Gasteiger partial charge in [-0.25, -0.2) is 0 Å². The van der Waals surface area contributed by atoms with Gasteiger partial charge in [0.15, 0.2) is 0 Å². The molecule has 0 aromatic rings. The fourth-order valence-corrected chi connectivity index (χ4v) is 7.47. The first-order chi connectivity index (χ1) is 21.6. The summed E-state index contributed by atoms with van der Waals surface area (Å²) in [7, 11) is 0. The van der Waals surface area contributed by atoms with E-state index in [-0.39, 0.29) is 36.1 Å². The van der Waals surface area contributed by atoms with Gasteiger partial charge < -0.3 is 19.1 Å². The van der Waals surface area contributed by atoms with Crippen molar-refractivity contribution < 1.29 is 28.7 Å². The Morgan fingerprint density at radius 2 is 0.870 bits per heavy atom. The molecule has 0 amide bonds. The highest BCUT2D eigenvalue weighted by molar-refractivity contribution is 5.77. The second-order valence-corrected chi connectivity index (χ2v) is 16.3. The summed E-state index contributed by atoms with van der Waals surface area (Å²) in [5.41, 5.74) is -1.67. The fraction of sp³-hybridized carbons (Fsp3) is 0.947. The maximum absolute atomic E-state index is 13.2. The van der Waals surface area contributed by atoms with E-state index in [2.05, 4.69) is 69.2 Å². The van der Waals surface area contributed by atoms with Gasteiger partial charge in [-0.3, -0.25) is 9.59 Å². The van der Waals surface area contributed by atoms with E-state index in [4.69, 9.17) is 19.1 Å². The van der Waals surface area contributed by atoms with Gasteiger partial charge in [0.1, 0.15) is 0 Å². The predicted molar refractivity (Wildman–Crippen MR) is 186 cm³/mol. The van der Waals surface area contributed by atoms with Crippen molar-refractivity contribution in [2.24, 2.45) is 0 Å². The number of unbranched alkanes of at least 4 members (excludes halogenated alkanes) is 10. The predicted octanol–water partition coefficient (Wildman–Crippen LogP) is 9.48. The van der Waals surface area contributed by atoms with Crippen LogP contribution in [0.1, 0.15) is 185 Å². The number of piperidine rings is 2. The minimum Gasteiger partial charge on any atom is -0.376 e. The molecule has 2 aliphatic heterocycles. The summed E-state index contributed by atoms with van der Waals surface area (Å²) in [6, 6.07) is 0. The molecule has 2 heterocycles. The number of hydrogen-bond acceptors (Lipinski definition) is 8. The van der Waals surface area contributed by atoms with Crippen LogP contribution >= 0.6 is 0 Å². The van der Waals surface area contributed by atoms with Gasteiger partial charge in [-0.2, -0.15) is 0 Å². The maximum atomic E-state index is 13.2. The average Bonchev–Trinajstić information content (AvgIpc) is 2.97. The molecular formula is C38H72N2O6. The van der Waals surface area contributed by atoms with Gasteiger partial charge in [0.2, 0.25) is 0 Å². The van der Waals surface area contributed by atoms with E-state index < -0.39 is 23.0 Å². The Morgan fingerprint density at radius 1 is 0.543 bits per heavy atom. The highest BCUT2D eigenvalue weighted by Gasteiger charge is 2.52. The number of nitrogens with zero attached hydrogens (tertiary/aromatic N) is 2. The van der Waals surface area contributed by atoms with Crippen LogP contribution < -0.4 is 0 Å². The van der Waals surface area contributed by atoms with Crippen LogP contribution in [-0.4, -0.2) is 69.6 Å². The summed E-state index contributed by atoms with van der Waals surface area (Å²) in [4.78, 5) is 38.4. The van der Waals surface area contributed by atoms with Gasteiger partial charge in [0, 0.05) is 13.2 Å². The third-order valence-corrected chi connectivity index (χ3v) is 10.3. The Bertz CT molecular complexity index is 830. The number of carbonyl (C=O) groups excluding carboxylic acids is 2. The lowest BCUT2D eigenvalue weighted by Crippen LogP contribution is -2.65. The molecule has 2 rings (SSSR count). The molecule has 0 saturated carbocycles. The molecule has 2 saturated heterocycles. The second kappa shape index (κ2) is 19.1. The summed E-state index contributed by atoms with van der Waals surface area (Å²) in [5.74, 6) is -0.848. The molecule has 8 heteroatoms. The topological polar surface area (TPSA) is 77.5 Å². The van der Waals surface area contributed by atoms with Crippen LogP contribution in [0.15, 0.2) is 0 Å². The van der Waals surface area contributed by atoms with Crippen molar-refractivity contribution in [3.63, 3.8) is 0 Å². The zero-order chi connectivity index (χ0) is 34.4. The Morgan fingerprint density at radius 3 is 1.22 bits per heavy atom. The minimum atomic E-state index is -0.494. The number of rotatable bonds is 21. The highest BCUT2D eigenvalue weighted by atomic mass is 16.7. The minimum absolute atomic E-state index is 0.0336. The van der Waals surface area contributed by atoms with Gasteiger partial charge >= 0.3 is 11.9 Å². The van der Waals surface area contributed by atoms with Crippen molar-refractivity contribution in [1.82, 2.24) is 10.1 Å². The van der Waals surface area contributed by atoms with Crippen molar-refractivity contribution >= 4 is 11.9 Å². The van der Waals surface area contributed by atoms with E-state index >= 15 is 0 Å². The van der Waals surface area contributed by atoms with E-state index in [1.54, 1.807) is 0 Å². The van der Waals surface area contributed by atoms with Crippen LogP contribution in [-0.2, 0) is 28.7 Å². The first kappa shape index (κ1) is 41.0. The van der Waals surface area contributed by atoms with E-state index in [9.17, 15) is 9.59 Å². The molecule has 0 radical (unpaired) electrons. The van der Waals surface area contributed by atoms with Crippen LogP contribution in [0.25, 0.3) is 0 Å². The second-order valence-electron chi connectivity index (χ2n) is 16.3. The van der Waals surface area contributed by atoms with Gasteiger partial charge in [-0.05, 0) is 93.9 Å². The molecule has 0 spiro atoms. The fourth-order valence-electron chi connectivity index (χ4n) is 7.47. The first-order valence-corrected chi connectivity index (χ1v) is 18.8. The zero-order valence-electron chi connectivity index (χ0n) is 31.6. The van der Waals surface area contributed by atoms with Crippen molar-refractivity contribution in [3.05, 3.63) is 0 Å². The van der Waals surface area contributed by atoms with Crippen LogP contribution in [0.4, 0.5) is 0 Å². The number of hydroxylamine groups is 4. The molecule has 2 unspecified atom stereocenters. The van der Waals surface area contributed by atoms with Crippen molar-refractivity contribution in [3.8, 4) is 0 Å². The van der Waals surface area contributed by atoms with E-state index in [1.165, 1.54) is 64.2 Å². The quantitative estimate of drug-likeness (QED) is 0.114. The SMILES string of the molecule is CCCCCCCCOC1CCC(C)(C)N(OC(=O)CCC(=O)ON2C(C)(C)CCC(OCCCCCCCC)C2(C)C)C1(C)C. The average molecular weight is 653 g/mol. The summed E-state index contributed by atoms with van der Waals surface area (Å²) in [6.45, 7) is 22.7. The molecule has 2 aliphatic rings.